The van der Waals surface area contributed by atoms with Crippen molar-refractivity contribution < 1.29 is 0 Å². The number of hydrogen-bond donors (Lipinski definition) is 0. The molecule has 0 spiro atoms. The third kappa shape index (κ3) is 6.91. The fourth-order valence-corrected chi connectivity index (χ4v) is 11.1. The van der Waals surface area contributed by atoms with E-state index in [0.29, 0.717) is 0 Å². The molecule has 3 nitrogen and oxygen atoms in total. The summed E-state index contributed by atoms with van der Waals surface area (Å²) in [5.74, 6) is 0.717. The minimum atomic E-state index is -0.302. The summed E-state index contributed by atoms with van der Waals surface area (Å²) in [6.07, 6.45) is 2.17. The average Bonchev–Trinajstić information content (AvgIpc) is 3.76. The zero-order chi connectivity index (χ0) is 47.0. The summed E-state index contributed by atoms with van der Waals surface area (Å²) in [7, 11) is 0. The van der Waals surface area contributed by atoms with E-state index in [1.807, 2.05) is 12.1 Å². The molecule has 0 N–H and O–H groups in total. The minimum Gasteiger partial charge on any atom is -0.252 e. The second kappa shape index (κ2) is 16.2. The molecule has 1 heterocycles. The Kier molecular flexibility index (Phi) is 9.89. The van der Waals surface area contributed by atoms with Crippen LogP contribution in [0.1, 0.15) is 73.6 Å². The molecule has 0 fully saturated rings. The van der Waals surface area contributed by atoms with Crippen LogP contribution < -0.4 is 0 Å². The number of hydrogen-bond acceptors (Lipinski definition) is 3. The van der Waals surface area contributed by atoms with E-state index in [4.69, 9.17) is 21.5 Å². The molecule has 10 aromatic rings. The van der Waals surface area contributed by atoms with E-state index in [-0.39, 0.29) is 10.8 Å². The number of aliphatic imine (C=N–C) groups is 1. The Hall–Kier alpha value is -8.27. The summed E-state index contributed by atoms with van der Waals surface area (Å²) in [6.45, 7) is 16.5. The summed E-state index contributed by atoms with van der Waals surface area (Å²) in [4.78, 5) is 15.7. The molecule has 2 aliphatic rings. The minimum absolute atomic E-state index is 0.294. The fourth-order valence-electron chi connectivity index (χ4n) is 11.1. The van der Waals surface area contributed by atoms with Crippen LogP contribution in [0.2, 0.25) is 0 Å². The second-order valence-electron chi connectivity index (χ2n) is 19.7. The maximum absolute atomic E-state index is 5.34. The zero-order valence-corrected chi connectivity index (χ0v) is 39.7. The van der Waals surface area contributed by atoms with Gasteiger partial charge in [-0.15, -0.1) is 0 Å². The number of rotatable bonds is 8. The first-order valence-electron chi connectivity index (χ1n) is 24.0. The highest BCUT2D eigenvalue weighted by molar-refractivity contribution is 6.12. The van der Waals surface area contributed by atoms with Crippen LogP contribution in [0.15, 0.2) is 218 Å². The maximum atomic E-state index is 5.34. The van der Waals surface area contributed by atoms with E-state index in [2.05, 4.69) is 229 Å². The predicted octanol–water partition coefficient (Wildman–Crippen LogP) is 17.0. The van der Waals surface area contributed by atoms with E-state index >= 15 is 0 Å². The number of allylic oxidation sites excluding steroid dienone is 2. The van der Waals surface area contributed by atoms with E-state index in [9.17, 15) is 0 Å². The number of fused-ring (bicyclic) bond motifs is 10. The monoisotopic (exact) mass is 885 g/mol. The Morgan fingerprint density at radius 3 is 1.49 bits per heavy atom. The van der Waals surface area contributed by atoms with E-state index in [1.165, 1.54) is 66.1 Å². The molecule has 0 radical (unpaired) electrons. The topological polar surface area (TPSA) is 38.1 Å². The van der Waals surface area contributed by atoms with Crippen molar-refractivity contribution in [3.63, 3.8) is 0 Å². The SMILES string of the molecule is C=C(C=C(N=C(C)c1ccccc1)c1ccccc1)c1cc2c(c3ccccc13)-c1cc3c(cc1C2(C)C)-c1c(cc(-c2cc(-c4ccccc4)nc(-c4ccccc4)n2)c2ccccc12)C3(C)C. The third-order valence-corrected chi connectivity index (χ3v) is 14.8. The predicted molar refractivity (Wildman–Crippen MR) is 291 cm³/mol. The van der Waals surface area contributed by atoms with Crippen LogP contribution in [0.5, 0.6) is 0 Å². The average molecular weight is 886 g/mol. The number of aromatic nitrogens is 2. The molecule has 1 aromatic heterocycles. The first-order chi connectivity index (χ1) is 33.6. The Morgan fingerprint density at radius 1 is 0.449 bits per heavy atom. The standard InChI is InChI=1S/C66H51N3/c1-41(35-59(44-25-13-8-14-26-44)67-42(2)43-23-11-7-12-24-43)51-36-57-62(49-33-21-19-31-47(49)51)53-38-56-54(39-55(53)65(57,3)4)63-50-34-22-20-32-48(50)52(37-58(63)66(56,5)6)61-40-60(45-27-15-9-16-28-45)68-64(69-61)46-29-17-10-18-30-46/h7-40H,1H2,2-6H3. The van der Waals surface area contributed by atoms with Gasteiger partial charge in [0.1, 0.15) is 0 Å². The summed E-state index contributed by atoms with van der Waals surface area (Å²) in [5, 5.41) is 4.84. The summed E-state index contributed by atoms with van der Waals surface area (Å²) in [5.41, 5.74) is 21.0. The van der Waals surface area contributed by atoms with Crippen molar-refractivity contribution in [2.24, 2.45) is 4.99 Å². The molecule has 0 saturated carbocycles. The van der Waals surface area contributed by atoms with Crippen LogP contribution in [0, 0.1) is 0 Å². The second-order valence-corrected chi connectivity index (χ2v) is 19.7. The molecule has 0 atom stereocenters. The van der Waals surface area contributed by atoms with Gasteiger partial charge in [0.2, 0.25) is 0 Å². The molecule has 3 heteroatoms. The van der Waals surface area contributed by atoms with Crippen molar-refractivity contribution in [1.82, 2.24) is 9.97 Å². The van der Waals surface area contributed by atoms with Gasteiger partial charge in [-0.25, -0.2) is 9.97 Å². The van der Waals surface area contributed by atoms with Crippen LogP contribution in [0.4, 0.5) is 0 Å². The molecule has 0 amide bonds. The molecule has 0 bridgehead atoms. The lowest BCUT2D eigenvalue weighted by Gasteiger charge is -2.24. The molecule has 330 valence electrons. The number of nitrogens with zero attached hydrogens (tertiary/aromatic N) is 3. The van der Waals surface area contributed by atoms with Gasteiger partial charge in [-0.05, 0) is 126 Å². The molecule has 2 aliphatic carbocycles. The van der Waals surface area contributed by atoms with Gasteiger partial charge in [-0.3, -0.25) is 4.99 Å². The Bertz CT molecular complexity index is 3710. The lowest BCUT2D eigenvalue weighted by atomic mass is 9.78. The van der Waals surface area contributed by atoms with Gasteiger partial charge < -0.3 is 0 Å². The highest BCUT2D eigenvalue weighted by atomic mass is 14.9. The molecule has 0 aliphatic heterocycles. The molecular formula is C66H51N3. The van der Waals surface area contributed by atoms with Gasteiger partial charge in [-0.1, -0.05) is 204 Å². The third-order valence-electron chi connectivity index (χ3n) is 14.8. The molecule has 9 aromatic carbocycles. The Morgan fingerprint density at radius 2 is 0.899 bits per heavy atom. The largest absolute Gasteiger partial charge is 0.252 e. The van der Waals surface area contributed by atoms with Crippen molar-refractivity contribution in [3.05, 3.63) is 252 Å². The van der Waals surface area contributed by atoms with Crippen molar-refractivity contribution >= 4 is 38.5 Å². The lowest BCUT2D eigenvalue weighted by Crippen LogP contribution is -2.17. The lowest BCUT2D eigenvalue weighted by molar-refractivity contribution is 0.652. The summed E-state index contributed by atoms with van der Waals surface area (Å²) < 4.78 is 0. The Labute approximate surface area is 405 Å². The highest BCUT2D eigenvalue weighted by Crippen LogP contribution is 2.59. The van der Waals surface area contributed by atoms with E-state index in [0.717, 1.165) is 67.6 Å². The molecular weight excluding hydrogens is 835 g/mol. The molecule has 0 unspecified atom stereocenters. The van der Waals surface area contributed by atoms with Gasteiger partial charge in [0.15, 0.2) is 5.82 Å². The highest BCUT2D eigenvalue weighted by Gasteiger charge is 2.43. The molecule has 12 rings (SSSR count). The number of benzene rings is 9. The smallest absolute Gasteiger partial charge is 0.160 e. The van der Waals surface area contributed by atoms with Crippen molar-refractivity contribution in [1.29, 1.82) is 0 Å². The summed E-state index contributed by atoms with van der Waals surface area (Å²) in [6, 6.07) is 71.5. The van der Waals surface area contributed by atoms with Crippen LogP contribution in [-0.4, -0.2) is 15.7 Å². The maximum Gasteiger partial charge on any atom is 0.160 e. The van der Waals surface area contributed by atoms with Gasteiger partial charge in [-0.2, -0.15) is 0 Å². The van der Waals surface area contributed by atoms with Crippen molar-refractivity contribution in [2.45, 2.75) is 45.4 Å². The van der Waals surface area contributed by atoms with Gasteiger partial charge in [0.25, 0.3) is 0 Å². The van der Waals surface area contributed by atoms with Crippen LogP contribution in [0.25, 0.3) is 89.0 Å². The van der Waals surface area contributed by atoms with Crippen LogP contribution >= 0.6 is 0 Å². The van der Waals surface area contributed by atoms with Gasteiger partial charge in [0, 0.05) is 38.8 Å². The normalized spacial score (nSPS) is 14.3. The molecule has 69 heavy (non-hydrogen) atoms. The van der Waals surface area contributed by atoms with E-state index in [1.54, 1.807) is 0 Å². The Balaban J connectivity index is 1.01. The zero-order valence-electron chi connectivity index (χ0n) is 39.7. The van der Waals surface area contributed by atoms with Gasteiger partial charge in [0.05, 0.1) is 17.1 Å². The first kappa shape index (κ1) is 42.1. The van der Waals surface area contributed by atoms with E-state index < -0.39 is 0 Å². The van der Waals surface area contributed by atoms with Crippen LogP contribution in [0.3, 0.4) is 0 Å². The van der Waals surface area contributed by atoms with Crippen molar-refractivity contribution in [2.75, 3.05) is 0 Å². The first-order valence-corrected chi connectivity index (χ1v) is 24.0. The fraction of sp³-hybridized carbons (Fsp3) is 0.106. The van der Waals surface area contributed by atoms with Crippen molar-refractivity contribution in [3.8, 4) is 56.2 Å². The van der Waals surface area contributed by atoms with Gasteiger partial charge >= 0.3 is 0 Å². The summed E-state index contributed by atoms with van der Waals surface area (Å²) >= 11 is 0. The molecule has 0 saturated heterocycles. The quantitative estimate of drug-likeness (QED) is 0.113. The van der Waals surface area contributed by atoms with Crippen LogP contribution in [-0.2, 0) is 10.8 Å².